The molecule has 0 aliphatic carbocycles. The van der Waals surface area contributed by atoms with Gasteiger partial charge in [0.25, 0.3) is 5.89 Å². The maximum Gasteiger partial charge on any atom is 0.293 e. The minimum atomic E-state index is -0.354. The lowest BCUT2D eigenvalue weighted by Gasteiger charge is -2.16. The Morgan fingerprint density at radius 3 is 2.96 bits per heavy atom. The van der Waals surface area contributed by atoms with Crippen LogP contribution in [0.1, 0.15) is 23.7 Å². The summed E-state index contributed by atoms with van der Waals surface area (Å²) in [6, 6.07) is 9.84. The molecule has 0 spiro atoms. The molecule has 25 heavy (non-hydrogen) atoms. The van der Waals surface area contributed by atoms with Gasteiger partial charge in [-0.3, -0.25) is 4.79 Å². The van der Waals surface area contributed by atoms with E-state index in [4.69, 9.17) is 8.94 Å². The highest BCUT2D eigenvalue weighted by atomic mass is 19.1. The molecule has 1 aromatic carbocycles. The summed E-state index contributed by atoms with van der Waals surface area (Å²) < 4.78 is 24.2. The highest BCUT2D eigenvalue weighted by molar-refractivity contribution is 5.79. The van der Waals surface area contributed by atoms with E-state index in [9.17, 15) is 9.18 Å². The highest BCUT2D eigenvalue weighted by Crippen LogP contribution is 2.28. The number of carbonyl (C=O) groups excluding carboxylic acids is 1. The van der Waals surface area contributed by atoms with Crippen LogP contribution in [0.25, 0.3) is 11.7 Å². The van der Waals surface area contributed by atoms with E-state index >= 15 is 0 Å². The van der Waals surface area contributed by atoms with E-state index in [2.05, 4.69) is 10.1 Å². The third-order valence-corrected chi connectivity index (χ3v) is 4.38. The molecule has 0 N–H and O–H groups in total. The van der Waals surface area contributed by atoms with E-state index in [0.717, 1.165) is 6.42 Å². The monoisotopic (exact) mass is 341 g/mol. The number of aromatic nitrogens is 2. The number of carbonyl (C=O) groups is 1. The summed E-state index contributed by atoms with van der Waals surface area (Å²) in [7, 11) is 0. The molecule has 1 aliphatic rings. The lowest BCUT2D eigenvalue weighted by molar-refractivity contribution is -0.129. The Hall–Kier alpha value is -2.96. The molecule has 0 radical (unpaired) electrons. The van der Waals surface area contributed by atoms with Gasteiger partial charge in [0.1, 0.15) is 5.82 Å². The molecular formula is C18H16FN3O3. The molecule has 2 aromatic heterocycles. The van der Waals surface area contributed by atoms with Crippen molar-refractivity contribution in [3.8, 4) is 11.7 Å². The van der Waals surface area contributed by atoms with Crippen LogP contribution in [0.3, 0.4) is 0 Å². The van der Waals surface area contributed by atoms with Gasteiger partial charge in [-0.2, -0.15) is 4.98 Å². The highest BCUT2D eigenvalue weighted by Gasteiger charge is 2.31. The van der Waals surface area contributed by atoms with Crippen LogP contribution in [-0.4, -0.2) is 34.0 Å². The number of amides is 1. The van der Waals surface area contributed by atoms with Gasteiger partial charge in [0.05, 0.1) is 12.7 Å². The van der Waals surface area contributed by atoms with Crippen molar-refractivity contribution in [3.05, 3.63) is 59.9 Å². The molecular weight excluding hydrogens is 325 g/mol. The molecule has 1 amide bonds. The van der Waals surface area contributed by atoms with Crippen LogP contribution in [0, 0.1) is 5.82 Å². The summed E-state index contributed by atoms with van der Waals surface area (Å²) in [6.07, 6.45) is 2.35. The zero-order valence-electron chi connectivity index (χ0n) is 13.4. The number of furan rings is 1. The van der Waals surface area contributed by atoms with Gasteiger partial charge in [-0.1, -0.05) is 23.4 Å². The first-order valence-electron chi connectivity index (χ1n) is 8.09. The Bertz CT molecular complexity index is 875. The molecule has 1 unspecified atom stereocenters. The molecule has 4 rings (SSSR count). The minimum Gasteiger partial charge on any atom is -0.459 e. The Balaban J connectivity index is 1.41. The molecule has 0 saturated carbocycles. The van der Waals surface area contributed by atoms with Crippen LogP contribution in [0.2, 0.25) is 0 Å². The van der Waals surface area contributed by atoms with E-state index in [1.54, 1.807) is 35.2 Å². The molecule has 1 aliphatic heterocycles. The lowest BCUT2D eigenvalue weighted by Crippen LogP contribution is -2.30. The molecule has 1 fully saturated rings. The predicted molar refractivity (Wildman–Crippen MR) is 86.0 cm³/mol. The van der Waals surface area contributed by atoms with Crippen LogP contribution in [0.15, 0.2) is 51.6 Å². The third kappa shape index (κ3) is 3.17. The molecule has 7 heteroatoms. The zero-order valence-corrected chi connectivity index (χ0v) is 13.4. The van der Waals surface area contributed by atoms with Crippen molar-refractivity contribution in [1.82, 2.24) is 15.0 Å². The summed E-state index contributed by atoms with van der Waals surface area (Å²) in [6.45, 7) is 1.10. The van der Waals surface area contributed by atoms with Gasteiger partial charge in [0.2, 0.25) is 5.91 Å². The molecule has 128 valence electrons. The standard InChI is InChI=1S/C18H16FN3O3/c19-14-5-2-1-4-12(14)10-16(23)22-8-7-13(11-22)17-20-18(25-21-17)15-6-3-9-24-15/h1-6,9,13H,7-8,10-11H2. The summed E-state index contributed by atoms with van der Waals surface area (Å²) in [5.41, 5.74) is 0.413. The average molecular weight is 341 g/mol. The van der Waals surface area contributed by atoms with Gasteiger partial charge in [-0.05, 0) is 30.2 Å². The number of hydrogen-bond donors (Lipinski definition) is 0. The number of benzene rings is 1. The molecule has 6 nitrogen and oxygen atoms in total. The SMILES string of the molecule is O=C(Cc1ccccc1F)N1CCC(c2noc(-c3ccco3)n2)C1. The summed E-state index contributed by atoms with van der Waals surface area (Å²) in [4.78, 5) is 18.5. The van der Waals surface area contributed by atoms with Gasteiger partial charge in [-0.15, -0.1) is 0 Å². The van der Waals surface area contributed by atoms with E-state index in [1.165, 1.54) is 12.3 Å². The fraction of sp³-hybridized carbons (Fsp3) is 0.278. The minimum absolute atomic E-state index is 0.0111. The number of nitrogens with zero attached hydrogens (tertiary/aromatic N) is 3. The van der Waals surface area contributed by atoms with Crippen molar-refractivity contribution < 1.29 is 18.1 Å². The largest absolute Gasteiger partial charge is 0.459 e. The Kier molecular flexibility index (Phi) is 4.05. The molecule has 1 atom stereocenters. The summed E-state index contributed by atoms with van der Waals surface area (Å²) >= 11 is 0. The van der Waals surface area contributed by atoms with Crippen LogP contribution in [-0.2, 0) is 11.2 Å². The van der Waals surface area contributed by atoms with E-state index in [1.807, 2.05) is 0 Å². The van der Waals surface area contributed by atoms with Crippen LogP contribution < -0.4 is 0 Å². The maximum absolute atomic E-state index is 13.7. The van der Waals surface area contributed by atoms with Crippen LogP contribution in [0.5, 0.6) is 0 Å². The van der Waals surface area contributed by atoms with Crippen molar-refractivity contribution in [2.24, 2.45) is 0 Å². The average Bonchev–Trinajstić information content (AvgIpc) is 3.36. The smallest absolute Gasteiger partial charge is 0.293 e. The van der Waals surface area contributed by atoms with Gasteiger partial charge in [0, 0.05) is 19.0 Å². The molecule has 3 aromatic rings. The van der Waals surface area contributed by atoms with Gasteiger partial charge in [0.15, 0.2) is 11.6 Å². The Morgan fingerprint density at radius 2 is 2.16 bits per heavy atom. The van der Waals surface area contributed by atoms with Crippen molar-refractivity contribution >= 4 is 5.91 Å². The quantitative estimate of drug-likeness (QED) is 0.729. The maximum atomic E-state index is 13.7. The second-order valence-corrected chi connectivity index (χ2v) is 6.03. The lowest BCUT2D eigenvalue weighted by atomic mass is 10.1. The zero-order chi connectivity index (χ0) is 17.2. The number of hydrogen-bond acceptors (Lipinski definition) is 5. The first-order valence-corrected chi connectivity index (χ1v) is 8.09. The molecule has 1 saturated heterocycles. The van der Waals surface area contributed by atoms with Crippen molar-refractivity contribution in [2.75, 3.05) is 13.1 Å². The normalized spacial score (nSPS) is 17.2. The number of likely N-dealkylation sites (tertiary alicyclic amines) is 1. The van der Waals surface area contributed by atoms with Gasteiger partial charge < -0.3 is 13.8 Å². The van der Waals surface area contributed by atoms with Gasteiger partial charge >= 0.3 is 0 Å². The Labute approximate surface area is 143 Å². The summed E-state index contributed by atoms with van der Waals surface area (Å²) in [5, 5.41) is 4.00. The molecule has 0 bridgehead atoms. The first-order chi connectivity index (χ1) is 12.2. The van der Waals surface area contributed by atoms with Gasteiger partial charge in [-0.25, -0.2) is 4.39 Å². The van der Waals surface area contributed by atoms with Crippen LogP contribution in [0.4, 0.5) is 4.39 Å². The second kappa shape index (κ2) is 6.51. The van der Waals surface area contributed by atoms with Crippen molar-refractivity contribution in [1.29, 1.82) is 0 Å². The second-order valence-electron chi connectivity index (χ2n) is 6.03. The first kappa shape index (κ1) is 15.6. The van der Waals surface area contributed by atoms with E-state index in [0.29, 0.717) is 36.1 Å². The number of rotatable bonds is 4. The molecule has 3 heterocycles. The van der Waals surface area contributed by atoms with Crippen LogP contribution >= 0.6 is 0 Å². The number of halogens is 1. The fourth-order valence-electron chi connectivity index (χ4n) is 3.02. The van der Waals surface area contributed by atoms with E-state index < -0.39 is 0 Å². The van der Waals surface area contributed by atoms with E-state index in [-0.39, 0.29) is 24.1 Å². The van der Waals surface area contributed by atoms with Crippen molar-refractivity contribution in [2.45, 2.75) is 18.8 Å². The summed E-state index contributed by atoms with van der Waals surface area (Å²) in [5.74, 6) is 0.972. The Morgan fingerprint density at radius 1 is 1.28 bits per heavy atom. The fourth-order valence-corrected chi connectivity index (χ4v) is 3.02. The predicted octanol–water partition coefficient (Wildman–Crippen LogP) is 3.03. The third-order valence-electron chi connectivity index (χ3n) is 4.38. The van der Waals surface area contributed by atoms with Crippen molar-refractivity contribution in [3.63, 3.8) is 0 Å². The topological polar surface area (TPSA) is 72.4 Å².